The van der Waals surface area contributed by atoms with E-state index in [-0.39, 0.29) is 11.5 Å². The molecule has 0 aliphatic heterocycles. The van der Waals surface area contributed by atoms with E-state index in [1.54, 1.807) is 35.0 Å². The van der Waals surface area contributed by atoms with Crippen LogP contribution in [0.1, 0.15) is 5.69 Å². The van der Waals surface area contributed by atoms with Crippen LogP contribution in [0.25, 0.3) is 16.9 Å². The van der Waals surface area contributed by atoms with Gasteiger partial charge in [0.1, 0.15) is 0 Å². The molecular formula is C17H15ClN2O3S. The lowest BCUT2D eigenvalue weighted by atomic mass is 10.1. The van der Waals surface area contributed by atoms with Crippen molar-refractivity contribution in [2.45, 2.75) is 11.5 Å². The van der Waals surface area contributed by atoms with Crippen molar-refractivity contribution in [3.05, 3.63) is 65.3 Å². The standard InChI is InChI=1S/C17H15ClN2O3S/c1-24(22,23)16-8-6-15(7-9-16)20-17(10-14(11-21)19-20)12-2-4-13(18)5-3-12/h2-10,21H,11H2,1H3. The predicted molar refractivity (Wildman–Crippen MR) is 93.0 cm³/mol. The summed E-state index contributed by atoms with van der Waals surface area (Å²) in [4.78, 5) is 0.244. The molecule has 1 heterocycles. The third-order valence-electron chi connectivity index (χ3n) is 3.57. The molecule has 24 heavy (non-hydrogen) atoms. The van der Waals surface area contributed by atoms with Crippen molar-refractivity contribution in [2.24, 2.45) is 0 Å². The Labute approximate surface area is 145 Å². The molecule has 0 amide bonds. The van der Waals surface area contributed by atoms with Gasteiger partial charge in [-0.05, 0) is 42.5 Å². The Morgan fingerprint density at radius 1 is 1.08 bits per heavy atom. The lowest BCUT2D eigenvalue weighted by Gasteiger charge is -2.08. The summed E-state index contributed by atoms with van der Waals surface area (Å²) in [5.74, 6) is 0. The van der Waals surface area contributed by atoms with Crippen molar-refractivity contribution in [3.63, 3.8) is 0 Å². The molecule has 1 aromatic heterocycles. The Bertz CT molecular complexity index is 962. The van der Waals surface area contributed by atoms with Gasteiger partial charge in [0.05, 0.1) is 28.6 Å². The Morgan fingerprint density at radius 3 is 2.25 bits per heavy atom. The molecule has 0 spiro atoms. The third kappa shape index (κ3) is 3.36. The fraction of sp³-hybridized carbons (Fsp3) is 0.118. The number of nitrogens with zero attached hydrogens (tertiary/aromatic N) is 2. The first kappa shape index (κ1) is 16.7. The van der Waals surface area contributed by atoms with Crippen LogP contribution < -0.4 is 0 Å². The monoisotopic (exact) mass is 362 g/mol. The number of sulfone groups is 1. The summed E-state index contributed by atoms with van der Waals surface area (Å²) in [6.07, 6.45) is 1.17. The van der Waals surface area contributed by atoms with Crippen molar-refractivity contribution in [1.29, 1.82) is 0 Å². The van der Waals surface area contributed by atoms with Gasteiger partial charge in [-0.3, -0.25) is 0 Å². The molecule has 0 aliphatic rings. The van der Waals surface area contributed by atoms with Crippen LogP contribution in [-0.4, -0.2) is 29.6 Å². The molecule has 0 aliphatic carbocycles. The van der Waals surface area contributed by atoms with E-state index >= 15 is 0 Å². The number of aliphatic hydroxyl groups is 1. The van der Waals surface area contributed by atoms with Crippen LogP contribution in [0, 0.1) is 0 Å². The number of benzene rings is 2. The molecule has 7 heteroatoms. The van der Waals surface area contributed by atoms with Crippen LogP contribution in [0.15, 0.2) is 59.5 Å². The molecule has 124 valence electrons. The highest BCUT2D eigenvalue weighted by molar-refractivity contribution is 7.90. The molecule has 1 N–H and O–H groups in total. The smallest absolute Gasteiger partial charge is 0.175 e. The van der Waals surface area contributed by atoms with Crippen molar-refractivity contribution in [3.8, 4) is 16.9 Å². The lowest BCUT2D eigenvalue weighted by molar-refractivity contribution is 0.276. The molecule has 0 atom stereocenters. The van der Waals surface area contributed by atoms with Gasteiger partial charge >= 0.3 is 0 Å². The SMILES string of the molecule is CS(=O)(=O)c1ccc(-n2nc(CO)cc2-c2ccc(Cl)cc2)cc1. The summed E-state index contributed by atoms with van der Waals surface area (Å²) >= 11 is 5.93. The number of rotatable bonds is 4. The summed E-state index contributed by atoms with van der Waals surface area (Å²) in [5, 5.41) is 14.4. The van der Waals surface area contributed by atoms with Crippen molar-refractivity contribution in [1.82, 2.24) is 9.78 Å². The Balaban J connectivity index is 2.10. The number of hydrogen-bond acceptors (Lipinski definition) is 4. The molecule has 0 unspecified atom stereocenters. The van der Waals surface area contributed by atoms with Gasteiger partial charge in [-0.25, -0.2) is 13.1 Å². The summed E-state index contributed by atoms with van der Waals surface area (Å²) in [7, 11) is -3.25. The van der Waals surface area contributed by atoms with Gasteiger partial charge < -0.3 is 5.11 Å². The van der Waals surface area contributed by atoms with Crippen LogP contribution in [0.3, 0.4) is 0 Å². The molecule has 0 fully saturated rings. The Morgan fingerprint density at radius 2 is 1.71 bits per heavy atom. The fourth-order valence-electron chi connectivity index (χ4n) is 2.37. The lowest BCUT2D eigenvalue weighted by Crippen LogP contribution is -2.02. The average molecular weight is 363 g/mol. The highest BCUT2D eigenvalue weighted by atomic mass is 35.5. The zero-order valence-corrected chi connectivity index (χ0v) is 14.4. The van der Waals surface area contributed by atoms with E-state index in [0.29, 0.717) is 16.4 Å². The molecule has 3 aromatic rings. The van der Waals surface area contributed by atoms with Crippen molar-refractivity contribution < 1.29 is 13.5 Å². The van der Waals surface area contributed by atoms with E-state index in [1.807, 2.05) is 12.1 Å². The largest absolute Gasteiger partial charge is 0.390 e. The second-order valence-electron chi connectivity index (χ2n) is 5.36. The molecule has 0 bridgehead atoms. The van der Waals surface area contributed by atoms with Crippen LogP contribution in [0.5, 0.6) is 0 Å². The molecule has 0 saturated carbocycles. The van der Waals surface area contributed by atoms with E-state index in [1.165, 1.54) is 18.4 Å². The minimum atomic E-state index is -3.25. The highest BCUT2D eigenvalue weighted by Crippen LogP contribution is 2.26. The third-order valence-corrected chi connectivity index (χ3v) is 4.95. The van der Waals surface area contributed by atoms with Crippen LogP contribution in [-0.2, 0) is 16.4 Å². The van der Waals surface area contributed by atoms with Gasteiger partial charge in [0.15, 0.2) is 9.84 Å². The van der Waals surface area contributed by atoms with E-state index in [9.17, 15) is 13.5 Å². The van der Waals surface area contributed by atoms with Gasteiger partial charge in [0.25, 0.3) is 0 Å². The van der Waals surface area contributed by atoms with E-state index in [0.717, 1.165) is 11.3 Å². The van der Waals surface area contributed by atoms with E-state index < -0.39 is 9.84 Å². The molecular weight excluding hydrogens is 348 g/mol. The van der Waals surface area contributed by atoms with Gasteiger partial charge in [0, 0.05) is 16.8 Å². The summed E-state index contributed by atoms with van der Waals surface area (Å²) < 4.78 is 24.8. The maximum absolute atomic E-state index is 11.6. The molecule has 5 nitrogen and oxygen atoms in total. The topological polar surface area (TPSA) is 72.2 Å². The second-order valence-corrected chi connectivity index (χ2v) is 7.82. The highest BCUT2D eigenvalue weighted by Gasteiger charge is 2.13. The number of aliphatic hydroxyl groups excluding tert-OH is 1. The average Bonchev–Trinajstić information content (AvgIpc) is 2.99. The zero-order valence-electron chi connectivity index (χ0n) is 12.8. The van der Waals surface area contributed by atoms with Gasteiger partial charge in [-0.1, -0.05) is 23.7 Å². The summed E-state index contributed by atoms with van der Waals surface area (Å²) in [6.45, 7) is -0.186. The van der Waals surface area contributed by atoms with E-state index in [2.05, 4.69) is 5.10 Å². The summed E-state index contributed by atoms with van der Waals surface area (Å²) in [5.41, 5.74) is 2.89. The van der Waals surface area contributed by atoms with Gasteiger partial charge in [-0.2, -0.15) is 5.10 Å². The molecule has 0 radical (unpaired) electrons. The van der Waals surface area contributed by atoms with Crippen LogP contribution >= 0.6 is 11.6 Å². The quantitative estimate of drug-likeness (QED) is 0.774. The normalized spacial score (nSPS) is 11.6. The number of aromatic nitrogens is 2. The maximum Gasteiger partial charge on any atom is 0.175 e. The first-order valence-corrected chi connectivity index (χ1v) is 9.41. The second kappa shape index (κ2) is 6.39. The number of hydrogen-bond donors (Lipinski definition) is 1. The fourth-order valence-corrected chi connectivity index (χ4v) is 3.12. The molecule has 0 saturated heterocycles. The first-order valence-electron chi connectivity index (χ1n) is 7.15. The summed E-state index contributed by atoms with van der Waals surface area (Å²) in [6, 6.07) is 15.5. The minimum Gasteiger partial charge on any atom is -0.390 e. The molecule has 2 aromatic carbocycles. The first-order chi connectivity index (χ1) is 11.4. The van der Waals surface area contributed by atoms with Gasteiger partial charge in [-0.15, -0.1) is 0 Å². The number of halogens is 1. The van der Waals surface area contributed by atoms with E-state index in [4.69, 9.17) is 11.6 Å². The van der Waals surface area contributed by atoms with Crippen molar-refractivity contribution in [2.75, 3.05) is 6.26 Å². The molecule has 3 rings (SSSR count). The predicted octanol–water partition coefficient (Wildman–Crippen LogP) is 3.09. The van der Waals surface area contributed by atoms with Gasteiger partial charge in [0.2, 0.25) is 0 Å². The maximum atomic E-state index is 11.6. The van der Waals surface area contributed by atoms with Crippen LogP contribution in [0.4, 0.5) is 0 Å². The minimum absolute atomic E-state index is 0.186. The Hall–Kier alpha value is -2.15. The van der Waals surface area contributed by atoms with Crippen LogP contribution in [0.2, 0.25) is 5.02 Å². The van der Waals surface area contributed by atoms with Crippen molar-refractivity contribution >= 4 is 21.4 Å². The Kier molecular flexibility index (Phi) is 4.45. The zero-order chi connectivity index (χ0) is 17.3.